The number of carboxylic acid groups (broad SMARTS) is 1. The summed E-state index contributed by atoms with van der Waals surface area (Å²) in [6.45, 7) is 9.18. The Labute approximate surface area is 253 Å². The molecule has 0 saturated heterocycles. The summed E-state index contributed by atoms with van der Waals surface area (Å²) < 4.78 is 39.2. The van der Waals surface area contributed by atoms with Crippen molar-refractivity contribution < 1.29 is 38.0 Å². The lowest BCUT2D eigenvalue weighted by Gasteiger charge is -2.28. The smallest absolute Gasteiger partial charge is 0.337 e. The van der Waals surface area contributed by atoms with Gasteiger partial charge in [0.05, 0.1) is 32.1 Å². The van der Waals surface area contributed by atoms with Gasteiger partial charge in [0.1, 0.15) is 0 Å². The number of hydrogen-bond acceptors (Lipinski definition) is 8. The first-order valence-corrected chi connectivity index (χ1v) is 14.1. The summed E-state index contributed by atoms with van der Waals surface area (Å²) >= 11 is 0. The van der Waals surface area contributed by atoms with Crippen molar-refractivity contribution in [3.63, 3.8) is 0 Å². The number of halogens is 1. The fourth-order valence-corrected chi connectivity index (χ4v) is 5.42. The Hall–Kier alpha value is -4.71. The van der Waals surface area contributed by atoms with Crippen LogP contribution in [0.4, 0.5) is 10.2 Å². The molecule has 1 aliphatic heterocycles. The third-order valence-electron chi connectivity index (χ3n) is 7.37. The molecule has 0 fully saturated rings. The topological polar surface area (TPSA) is 134 Å². The number of amides is 1. The average molecular weight is 607 g/mol. The summed E-state index contributed by atoms with van der Waals surface area (Å²) in [5.74, 6) is -1.07. The van der Waals surface area contributed by atoms with Gasteiger partial charge in [-0.25, -0.2) is 18.7 Å². The number of anilines is 1. The largest absolute Gasteiger partial charge is 0.493 e. The van der Waals surface area contributed by atoms with Crippen LogP contribution in [0.2, 0.25) is 0 Å². The fourth-order valence-electron chi connectivity index (χ4n) is 5.42. The Morgan fingerprint density at radius 3 is 2.50 bits per heavy atom. The van der Waals surface area contributed by atoms with Gasteiger partial charge in [-0.2, -0.15) is 0 Å². The first kappa shape index (κ1) is 30.7. The minimum absolute atomic E-state index is 0.151. The van der Waals surface area contributed by atoms with E-state index in [1.54, 1.807) is 52.0 Å². The van der Waals surface area contributed by atoms with E-state index in [0.717, 1.165) is 5.56 Å². The van der Waals surface area contributed by atoms with E-state index in [-0.39, 0.29) is 17.1 Å². The zero-order valence-corrected chi connectivity index (χ0v) is 25.7. The summed E-state index contributed by atoms with van der Waals surface area (Å²) in [5.41, 5.74) is 2.49. The molecule has 11 nitrogen and oxygen atoms in total. The molecule has 2 aromatic carbocycles. The highest BCUT2D eigenvalue weighted by atomic mass is 19.1. The van der Waals surface area contributed by atoms with Crippen LogP contribution in [0.15, 0.2) is 30.3 Å². The molecule has 2 aromatic heterocycles. The molecule has 0 spiro atoms. The lowest BCUT2D eigenvalue weighted by molar-refractivity contribution is -0.160. The number of carbonyl (C=O) groups is 2. The Kier molecular flexibility index (Phi) is 8.21. The van der Waals surface area contributed by atoms with Crippen molar-refractivity contribution in [3.05, 3.63) is 64.1 Å². The maximum absolute atomic E-state index is 15.5. The van der Waals surface area contributed by atoms with Gasteiger partial charge in [0.25, 0.3) is 5.91 Å². The van der Waals surface area contributed by atoms with Gasteiger partial charge in [-0.1, -0.05) is 0 Å². The molecule has 0 bridgehead atoms. The Morgan fingerprint density at radius 1 is 1.11 bits per heavy atom. The molecule has 1 aliphatic rings. The maximum Gasteiger partial charge on any atom is 0.337 e. The van der Waals surface area contributed by atoms with Crippen molar-refractivity contribution >= 4 is 23.3 Å². The lowest BCUT2D eigenvalue weighted by Crippen LogP contribution is -2.29. The number of nitrogens with zero attached hydrogens (tertiary/aromatic N) is 3. The molecule has 0 saturated carbocycles. The number of aryl methyl sites for hydroxylation is 1. The van der Waals surface area contributed by atoms with Gasteiger partial charge in [-0.3, -0.25) is 4.79 Å². The molecule has 3 heterocycles. The first-order valence-electron chi connectivity index (χ1n) is 14.1. The molecular formula is C32H35FN4O7. The molecule has 1 amide bonds. The number of carbonyl (C=O) groups excluding carboxylic acids is 1. The van der Waals surface area contributed by atoms with E-state index >= 15 is 4.39 Å². The van der Waals surface area contributed by atoms with Gasteiger partial charge >= 0.3 is 5.97 Å². The lowest BCUT2D eigenvalue weighted by atomic mass is 9.91. The van der Waals surface area contributed by atoms with Crippen molar-refractivity contribution in [2.24, 2.45) is 0 Å². The second-order valence-corrected chi connectivity index (χ2v) is 11.5. The highest BCUT2D eigenvalue weighted by Crippen LogP contribution is 2.42. The number of ether oxygens (including phenoxy) is 4. The second kappa shape index (κ2) is 11.8. The highest BCUT2D eigenvalue weighted by molar-refractivity contribution is 6.04. The minimum Gasteiger partial charge on any atom is -0.493 e. The van der Waals surface area contributed by atoms with Gasteiger partial charge in [0, 0.05) is 34.0 Å². The highest BCUT2D eigenvalue weighted by Gasteiger charge is 2.34. The van der Waals surface area contributed by atoms with E-state index in [0.29, 0.717) is 64.7 Å². The van der Waals surface area contributed by atoms with Crippen molar-refractivity contribution in [1.82, 2.24) is 14.6 Å². The number of carboxylic acids is 1. The number of rotatable bonds is 8. The molecule has 0 aliphatic carbocycles. The zero-order valence-electron chi connectivity index (χ0n) is 25.7. The van der Waals surface area contributed by atoms with E-state index in [2.05, 4.69) is 15.4 Å². The van der Waals surface area contributed by atoms with Crippen LogP contribution in [0.5, 0.6) is 17.2 Å². The van der Waals surface area contributed by atoms with Crippen LogP contribution in [0.25, 0.3) is 16.9 Å². The van der Waals surface area contributed by atoms with E-state index in [9.17, 15) is 14.7 Å². The number of aromatic nitrogens is 3. The standard InChI is InChI=1S/C32H35FN4O7/c1-16-19-9-8-12-43-28(19)21(33)14-20(16)27-26(29(31(39)40)44-32(3,4)5)17(2)34-25-15-24(36-37(25)27)35-30(38)18-10-11-22(41-6)23(13-18)42-7/h10-11,13-15,29H,8-9,12H2,1-7H3,(H,39,40)(H,35,36,38). The Bertz CT molecular complexity index is 1780. The van der Waals surface area contributed by atoms with E-state index in [1.807, 2.05) is 6.92 Å². The zero-order chi connectivity index (χ0) is 31.9. The average Bonchev–Trinajstić information content (AvgIpc) is 3.37. The van der Waals surface area contributed by atoms with Gasteiger partial charge in [-0.15, -0.1) is 5.10 Å². The summed E-state index contributed by atoms with van der Waals surface area (Å²) in [7, 11) is 2.97. The van der Waals surface area contributed by atoms with Crippen LogP contribution in [0, 0.1) is 19.7 Å². The van der Waals surface area contributed by atoms with Gasteiger partial charge in [0.15, 0.2) is 40.6 Å². The number of fused-ring (bicyclic) bond motifs is 2. The number of aliphatic carboxylic acids is 1. The van der Waals surface area contributed by atoms with E-state index < -0.39 is 29.4 Å². The van der Waals surface area contributed by atoms with E-state index in [1.165, 1.54) is 24.8 Å². The minimum atomic E-state index is -1.45. The Balaban J connectivity index is 1.71. The van der Waals surface area contributed by atoms with Crippen molar-refractivity contribution in [3.8, 4) is 28.5 Å². The van der Waals surface area contributed by atoms with Crippen LogP contribution in [0.3, 0.4) is 0 Å². The van der Waals surface area contributed by atoms with Crippen LogP contribution in [-0.2, 0) is 16.0 Å². The van der Waals surface area contributed by atoms with Gasteiger partial charge < -0.3 is 29.4 Å². The third kappa shape index (κ3) is 5.77. The summed E-state index contributed by atoms with van der Waals surface area (Å²) in [6, 6.07) is 7.63. The molecule has 2 N–H and O–H groups in total. The molecule has 5 rings (SSSR count). The van der Waals surface area contributed by atoms with Crippen LogP contribution in [-0.4, -0.2) is 58.0 Å². The summed E-state index contributed by atoms with van der Waals surface area (Å²) in [6.07, 6.45) is -0.139. The molecular weight excluding hydrogens is 571 g/mol. The number of hydrogen-bond donors (Lipinski definition) is 2. The number of nitrogens with one attached hydrogen (secondary N) is 1. The predicted octanol–water partition coefficient (Wildman–Crippen LogP) is 5.69. The van der Waals surface area contributed by atoms with Crippen LogP contribution in [0.1, 0.15) is 66.0 Å². The number of methoxy groups -OCH3 is 2. The fraction of sp³-hybridized carbons (Fsp3) is 0.375. The summed E-state index contributed by atoms with van der Waals surface area (Å²) in [4.78, 5) is 30.5. The molecule has 12 heteroatoms. The summed E-state index contributed by atoms with van der Waals surface area (Å²) in [5, 5.41) is 17.7. The second-order valence-electron chi connectivity index (χ2n) is 11.5. The molecule has 1 atom stereocenters. The predicted molar refractivity (Wildman–Crippen MR) is 160 cm³/mol. The van der Waals surface area contributed by atoms with Crippen molar-refractivity contribution in [2.45, 2.75) is 59.2 Å². The molecule has 4 aromatic rings. The number of benzene rings is 2. The van der Waals surface area contributed by atoms with Crippen LogP contribution < -0.4 is 19.5 Å². The van der Waals surface area contributed by atoms with E-state index in [4.69, 9.17) is 18.9 Å². The quantitative estimate of drug-likeness (QED) is 0.260. The third-order valence-corrected chi connectivity index (χ3v) is 7.37. The van der Waals surface area contributed by atoms with Crippen molar-refractivity contribution in [2.75, 3.05) is 26.1 Å². The molecule has 44 heavy (non-hydrogen) atoms. The molecule has 1 unspecified atom stereocenters. The molecule has 232 valence electrons. The SMILES string of the molecule is COc1ccc(C(=O)Nc2cc3nc(C)c(C(OC(C)(C)C)C(=O)O)c(-c4cc(F)c5c(c4C)CCCO5)n3n2)cc1OC. The molecule has 0 radical (unpaired) electrons. The Morgan fingerprint density at radius 2 is 1.84 bits per heavy atom. The van der Waals surface area contributed by atoms with Gasteiger partial charge in [0.2, 0.25) is 0 Å². The normalized spacial score (nSPS) is 13.6. The van der Waals surface area contributed by atoms with Crippen molar-refractivity contribution in [1.29, 1.82) is 0 Å². The van der Waals surface area contributed by atoms with Gasteiger partial charge in [-0.05, 0) is 77.3 Å². The monoisotopic (exact) mass is 606 g/mol. The first-order chi connectivity index (χ1) is 20.8. The maximum atomic E-state index is 15.5. The van der Waals surface area contributed by atoms with Crippen LogP contribution >= 0.6 is 0 Å².